The third-order valence-electron chi connectivity index (χ3n) is 4.89. The maximum Gasteiger partial charge on any atom is 0.253 e. The van der Waals surface area contributed by atoms with Gasteiger partial charge in [-0.05, 0) is 49.5 Å². The molecular formula is C17H19N3O. The number of rotatable bonds is 1. The quantitative estimate of drug-likeness (QED) is 0.870. The van der Waals surface area contributed by atoms with E-state index in [9.17, 15) is 4.79 Å². The van der Waals surface area contributed by atoms with Gasteiger partial charge in [0, 0.05) is 41.8 Å². The maximum absolute atomic E-state index is 12.6. The molecular weight excluding hydrogens is 262 g/mol. The van der Waals surface area contributed by atoms with Crippen molar-refractivity contribution in [3.05, 3.63) is 42.2 Å². The van der Waals surface area contributed by atoms with E-state index in [-0.39, 0.29) is 5.91 Å². The highest BCUT2D eigenvalue weighted by molar-refractivity contribution is 5.98. The largest absolute Gasteiger partial charge is 0.337 e. The number of fused-ring (bicyclic) bond motifs is 1. The summed E-state index contributed by atoms with van der Waals surface area (Å²) in [5.41, 5.74) is 1.18. The molecule has 3 heterocycles. The third-order valence-corrected chi connectivity index (χ3v) is 4.89. The lowest BCUT2D eigenvalue weighted by atomic mass is 9.72. The second-order valence-corrected chi connectivity index (χ2v) is 6.35. The van der Waals surface area contributed by atoms with Crippen molar-refractivity contribution in [2.75, 3.05) is 26.2 Å². The van der Waals surface area contributed by atoms with Crippen LogP contribution in [-0.2, 0) is 0 Å². The Hall–Kier alpha value is -1.94. The zero-order valence-electron chi connectivity index (χ0n) is 12.0. The summed E-state index contributed by atoms with van der Waals surface area (Å²) in [5, 5.41) is 5.55. The molecule has 4 nitrogen and oxygen atoms in total. The first-order chi connectivity index (χ1) is 10.3. The molecule has 1 amide bonds. The predicted octanol–water partition coefficient (Wildman–Crippen LogP) is 2.06. The number of hydrogen-bond donors (Lipinski definition) is 1. The summed E-state index contributed by atoms with van der Waals surface area (Å²) in [6.07, 6.45) is 5.99. The van der Waals surface area contributed by atoms with Crippen LogP contribution < -0.4 is 5.32 Å². The first kappa shape index (κ1) is 12.8. The van der Waals surface area contributed by atoms with E-state index in [1.807, 2.05) is 35.4 Å². The Kier molecular flexibility index (Phi) is 2.93. The fraction of sp³-hybridized carbons (Fsp3) is 0.412. The smallest absolute Gasteiger partial charge is 0.253 e. The van der Waals surface area contributed by atoms with Gasteiger partial charge in [-0.25, -0.2) is 0 Å². The van der Waals surface area contributed by atoms with Crippen molar-refractivity contribution in [2.24, 2.45) is 5.41 Å². The minimum absolute atomic E-state index is 0.165. The lowest BCUT2D eigenvalue weighted by Gasteiger charge is -2.52. The number of piperidine rings is 1. The molecule has 2 aliphatic heterocycles. The Morgan fingerprint density at radius 2 is 1.95 bits per heavy atom. The fourth-order valence-electron chi connectivity index (χ4n) is 3.58. The van der Waals surface area contributed by atoms with Gasteiger partial charge >= 0.3 is 0 Å². The van der Waals surface area contributed by atoms with Crippen LogP contribution in [0.15, 0.2) is 36.7 Å². The summed E-state index contributed by atoms with van der Waals surface area (Å²) in [7, 11) is 0. The van der Waals surface area contributed by atoms with Crippen LogP contribution in [-0.4, -0.2) is 42.0 Å². The summed E-state index contributed by atoms with van der Waals surface area (Å²) in [4.78, 5) is 18.7. The van der Waals surface area contributed by atoms with Crippen LogP contribution in [0.1, 0.15) is 23.2 Å². The standard InChI is InChI=1S/C17H19N3O/c21-16(20-11-17(12-20)4-7-18-8-5-17)14-1-2-15-10-19-6-3-13(15)9-14/h1-3,6,9-10,18H,4-5,7-8,11-12H2. The van der Waals surface area contributed by atoms with E-state index in [1.165, 1.54) is 12.8 Å². The highest BCUT2D eigenvalue weighted by Gasteiger charge is 2.45. The number of pyridine rings is 1. The monoisotopic (exact) mass is 281 g/mol. The van der Waals surface area contributed by atoms with E-state index in [4.69, 9.17) is 0 Å². The molecule has 4 rings (SSSR count). The highest BCUT2D eigenvalue weighted by Crippen LogP contribution is 2.39. The molecule has 1 N–H and O–H groups in total. The van der Waals surface area contributed by atoms with Gasteiger partial charge in [-0.3, -0.25) is 9.78 Å². The zero-order valence-corrected chi connectivity index (χ0v) is 12.0. The molecule has 2 aromatic rings. The van der Waals surface area contributed by atoms with Crippen molar-refractivity contribution in [3.8, 4) is 0 Å². The van der Waals surface area contributed by atoms with Gasteiger partial charge in [-0.15, -0.1) is 0 Å². The van der Waals surface area contributed by atoms with Gasteiger partial charge in [0.25, 0.3) is 5.91 Å². The summed E-state index contributed by atoms with van der Waals surface area (Å²) in [5.74, 6) is 0.165. The van der Waals surface area contributed by atoms with E-state index in [1.54, 1.807) is 6.20 Å². The summed E-state index contributed by atoms with van der Waals surface area (Å²) >= 11 is 0. The summed E-state index contributed by atoms with van der Waals surface area (Å²) in [6.45, 7) is 4.01. The van der Waals surface area contributed by atoms with Gasteiger partial charge in [-0.2, -0.15) is 0 Å². The maximum atomic E-state index is 12.6. The van der Waals surface area contributed by atoms with Gasteiger partial charge in [0.2, 0.25) is 0 Å². The molecule has 0 unspecified atom stereocenters. The Balaban J connectivity index is 1.52. The normalized spacial score (nSPS) is 20.5. The lowest BCUT2D eigenvalue weighted by Crippen LogP contribution is -2.61. The number of benzene rings is 1. The van der Waals surface area contributed by atoms with E-state index in [2.05, 4.69) is 10.3 Å². The van der Waals surface area contributed by atoms with Crippen LogP contribution in [0.4, 0.5) is 0 Å². The van der Waals surface area contributed by atoms with E-state index >= 15 is 0 Å². The van der Waals surface area contributed by atoms with Crippen LogP contribution in [0.2, 0.25) is 0 Å². The summed E-state index contributed by atoms with van der Waals surface area (Å²) < 4.78 is 0. The van der Waals surface area contributed by atoms with Gasteiger partial charge in [-0.1, -0.05) is 6.07 Å². The topological polar surface area (TPSA) is 45.2 Å². The average Bonchev–Trinajstić information content (AvgIpc) is 2.52. The fourth-order valence-corrected chi connectivity index (χ4v) is 3.58. The SMILES string of the molecule is O=C(c1ccc2cnccc2c1)N1CC2(CCNCC2)C1. The molecule has 0 saturated carbocycles. The van der Waals surface area contributed by atoms with E-state index in [0.717, 1.165) is 42.5 Å². The molecule has 4 heteroatoms. The number of aromatic nitrogens is 1. The van der Waals surface area contributed by atoms with Crippen molar-refractivity contribution in [1.29, 1.82) is 0 Å². The van der Waals surface area contributed by atoms with Gasteiger partial charge in [0.1, 0.15) is 0 Å². The number of likely N-dealkylation sites (tertiary alicyclic amines) is 1. The van der Waals surface area contributed by atoms with Crippen LogP contribution in [0.5, 0.6) is 0 Å². The van der Waals surface area contributed by atoms with Crippen molar-refractivity contribution in [1.82, 2.24) is 15.2 Å². The van der Waals surface area contributed by atoms with Crippen molar-refractivity contribution >= 4 is 16.7 Å². The Morgan fingerprint density at radius 3 is 2.76 bits per heavy atom. The molecule has 1 aromatic carbocycles. The predicted molar refractivity (Wildman–Crippen MR) is 82.2 cm³/mol. The van der Waals surface area contributed by atoms with Crippen LogP contribution in [0.3, 0.4) is 0 Å². The molecule has 0 radical (unpaired) electrons. The van der Waals surface area contributed by atoms with Crippen LogP contribution in [0.25, 0.3) is 10.8 Å². The zero-order chi connectivity index (χ0) is 14.3. The van der Waals surface area contributed by atoms with Crippen molar-refractivity contribution in [2.45, 2.75) is 12.8 Å². The Bertz CT molecular complexity index is 683. The number of nitrogens with zero attached hydrogens (tertiary/aromatic N) is 2. The first-order valence-electron chi connectivity index (χ1n) is 7.60. The summed E-state index contributed by atoms with van der Waals surface area (Å²) in [6, 6.07) is 7.83. The minimum Gasteiger partial charge on any atom is -0.337 e. The van der Waals surface area contributed by atoms with E-state index in [0.29, 0.717) is 5.41 Å². The average molecular weight is 281 g/mol. The van der Waals surface area contributed by atoms with E-state index < -0.39 is 0 Å². The third kappa shape index (κ3) is 2.20. The van der Waals surface area contributed by atoms with Gasteiger partial charge in [0.15, 0.2) is 0 Å². The molecule has 21 heavy (non-hydrogen) atoms. The minimum atomic E-state index is 0.165. The molecule has 2 saturated heterocycles. The molecule has 0 bridgehead atoms. The Morgan fingerprint density at radius 1 is 1.14 bits per heavy atom. The number of hydrogen-bond acceptors (Lipinski definition) is 3. The van der Waals surface area contributed by atoms with Gasteiger partial charge in [0.05, 0.1) is 0 Å². The second kappa shape index (κ2) is 4.81. The first-order valence-corrected chi connectivity index (χ1v) is 7.60. The second-order valence-electron chi connectivity index (χ2n) is 6.35. The van der Waals surface area contributed by atoms with Crippen molar-refractivity contribution < 1.29 is 4.79 Å². The lowest BCUT2D eigenvalue weighted by molar-refractivity contribution is -0.0113. The molecule has 2 aliphatic rings. The number of carbonyl (C=O) groups is 1. The highest BCUT2D eigenvalue weighted by atomic mass is 16.2. The molecule has 2 fully saturated rings. The van der Waals surface area contributed by atoms with Crippen molar-refractivity contribution in [3.63, 3.8) is 0 Å². The molecule has 0 atom stereocenters. The molecule has 108 valence electrons. The van der Waals surface area contributed by atoms with Crippen LogP contribution >= 0.6 is 0 Å². The van der Waals surface area contributed by atoms with Gasteiger partial charge < -0.3 is 10.2 Å². The Labute approximate surface area is 124 Å². The number of nitrogens with one attached hydrogen (secondary N) is 1. The number of amides is 1. The molecule has 1 spiro atoms. The number of carbonyl (C=O) groups excluding carboxylic acids is 1. The van der Waals surface area contributed by atoms with Crippen LogP contribution in [0, 0.1) is 5.41 Å². The molecule has 1 aromatic heterocycles. The molecule has 0 aliphatic carbocycles.